The Kier molecular flexibility index (Phi) is 3.71. The van der Waals surface area contributed by atoms with Gasteiger partial charge < -0.3 is 14.8 Å². The number of carbonyl (C=O) groups excluding carboxylic acids is 2. The SMILES string of the molecule is CC1(C)[C@@]2(C(=O)O[C@@H]3CCC[NH2+]C3=C[N+](=O)[O-])CC[C@]1(C)C(=O)O2. The maximum Gasteiger partial charge on any atom is 0.352 e. The van der Waals surface area contributed by atoms with E-state index >= 15 is 0 Å². The third kappa shape index (κ3) is 2.08. The van der Waals surface area contributed by atoms with Gasteiger partial charge in [-0.05, 0) is 26.2 Å². The fourth-order valence-corrected chi connectivity index (χ4v) is 4.18. The first kappa shape index (κ1) is 16.9. The quantitative estimate of drug-likeness (QED) is 0.455. The van der Waals surface area contributed by atoms with Gasteiger partial charge in [-0.2, -0.15) is 0 Å². The zero-order chi connectivity index (χ0) is 17.8. The van der Waals surface area contributed by atoms with E-state index < -0.39 is 33.4 Å². The van der Waals surface area contributed by atoms with Crippen LogP contribution in [-0.2, 0) is 19.1 Å². The number of hydrogen-bond donors (Lipinski definition) is 1. The Labute approximate surface area is 139 Å². The minimum Gasteiger partial charge on any atom is -0.449 e. The third-order valence-electron chi connectivity index (χ3n) is 6.34. The Morgan fingerprint density at radius 1 is 1.42 bits per heavy atom. The molecule has 0 radical (unpaired) electrons. The van der Waals surface area contributed by atoms with Crippen LogP contribution in [0.15, 0.2) is 11.9 Å². The van der Waals surface area contributed by atoms with Crippen LogP contribution in [0.4, 0.5) is 0 Å². The molecule has 3 aliphatic rings. The molecule has 2 aliphatic heterocycles. The van der Waals surface area contributed by atoms with E-state index in [2.05, 4.69) is 0 Å². The topological polar surface area (TPSA) is 112 Å². The van der Waals surface area contributed by atoms with Crippen molar-refractivity contribution in [3.63, 3.8) is 0 Å². The summed E-state index contributed by atoms with van der Waals surface area (Å²) in [6.07, 6.45) is 2.55. The van der Waals surface area contributed by atoms with E-state index in [0.717, 1.165) is 19.2 Å². The second-order valence-corrected chi connectivity index (χ2v) is 7.62. The lowest BCUT2D eigenvalue weighted by Gasteiger charge is -2.35. The molecule has 2 heterocycles. The molecule has 8 nitrogen and oxygen atoms in total. The highest BCUT2D eigenvalue weighted by Crippen LogP contribution is 2.65. The van der Waals surface area contributed by atoms with Gasteiger partial charge >= 0.3 is 11.9 Å². The number of quaternary nitrogens is 1. The highest BCUT2D eigenvalue weighted by atomic mass is 16.6. The van der Waals surface area contributed by atoms with Crippen LogP contribution in [-0.4, -0.2) is 35.1 Å². The number of rotatable bonds is 3. The molecule has 2 N–H and O–H groups in total. The summed E-state index contributed by atoms with van der Waals surface area (Å²) in [6, 6.07) is 0. The Morgan fingerprint density at radius 2 is 2.12 bits per heavy atom. The lowest BCUT2D eigenvalue weighted by atomic mass is 9.66. The molecule has 0 aromatic heterocycles. The molecule has 24 heavy (non-hydrogen) atoms. The van der Waals surface area contributed by atoms with Crippen LogP contribution in [0.3, 0.4) is 0 Å². The molecule has 132 valence electrons. The van der Waals surface area contributed by atoms with Crippen molar-refractivity contribution in [3.8, 4) is 0 Å². The summed E-state index contributed by atoms with van der Waals surface area (Å²) < 4.78 is 11.1. The van der Waals surface area contributed by atoms with Crippen LogP contribution in [0.2, 0.25) is 0 Å². The summed E-state index contributed by atoms with van der Waals surface area (Å²) in [4.78, 5) is 35.4. The van der Waals surface area contributed by atoms with Crippen LogP contribution in [0.5, 0.6) is 0 Å². The Bertz CT molecular complexity index is 642. The molecule has 3 atom stereocenters. The highest BCUT2D eigenvalue weighted by molar-refractivity contribution is 5.93. The molecular weight excluding hydrogens is 316 g/mol. The number of nitrogens with two attached hydrogens (primary N) is 1. The smallest absolute Gasteiger partial charge is 0.352 e. The summed E-state index contributed by atoms with van der Waals surface area (Å²) in [7, 11) is 0. The normalized spacial score (nSPS) is 38.9. The average Bonchev–Trinajstić information content (AvgIpc) is 2.79. The van der Waals surface area contributed by atoms with Crippen molar-refractivity contribution in [3.05, 3.63) is 22.0 Å². The zero-order valence-electron chi connectivity index (χ0n) is 14.2. The largest absolute Gasteiger partial charge is 0.449 e. The monoisotopic (exact) mass is 339 g/mol. The molecule has 1 aliphatic carbocycles. The van der Waals surface area contributed by atoms with E-state index in [1.54, 1.807) is 5.32 Å². The van der Waals surface area contributed by atoms with Crippen molar-refractivity contribution < 1.29 is 29.3 Å². The van der Waals surface area contributed by atoms with Gasteiger partial charge in [0.15, 0.2) is 6.10 Å². The van der Waals surface area contributed by atoms with Gasteiger partial charge in [-0.1, -0.05) is 13.8 Å². The van der Waals surface area contributed by atoms with Crippen LogP contribution < -0.4 is 5.32 Å². The van der Waals surface area contributed by atoms with Gasteiger partial charge in [0.2, 0.25) is 11.3 Å². The van der Waals surface area contributed by atoms with Crippen molar-refractivity contribution in [1.82, 2.24) is 0 Å². The number of nitro groups is 1. The molecule has 0 spiro atoms. The molecule has 2 bridgehead atoms. The standard InChI is InChI=1S/C16H22N2O6/c1-14(2)15(3)6-7-16(14,24-12(15)19)13(20)23-11-5-4-8-17-10(11)9-18(21)22/h9,11,17H,4-8H2,1-3H3/p+1/t11-,15-,16+/m1/s1. The Balaban J connectivity index is 1.85. The Morgan fingerprint density at radius 3 is 2.67 bits per heavy atom. The predicted octanol–water partition coefficient (Wildman–Crippen LogP) is 0.495. The minimum absolute atomic E-state index is 0.369. The van der Waals surface area contributed by atoms with Crippen LogP contribution in [0.1, 0.15) is 46.5 Å². The number of fused-ring (bicyclic) bond motifs is 2. The number of piperidine rings is 1. The highest BCUT2D eigenvalue weighted by Gasteiger charge is 2.76. The van der Waals surface area contributed by atoms with E-state index in [1.807, 2.05) is 20.8 Å². The lowest BCUT2D eigenvalue weighted by Crippen LogP contribution is -2.86. The lowest BCUT2D eigenvalue weighted by molar-refractivity contribution is -0.627. The first-order chi connectivity index (χ1) is 11.1. The summed E-state index contributed by atoms with van der Waals surface area (Å²) in [5, 5.41) is 12.5. The fraction of sp³-hybridized carbons (Fsp3) is 0.750. The van der Waals surface area contributed by atoms with Gasteiger partial charge in [0.1, 0.15) is 0 Å². The van der Waals surface area contributed by atoms with Crippen molar-refractivity contribution in [2.24, 2.45) is 10.8 Å². The molecule has 3 fully saturated rings. The molecule has 1 saturated carbocycles. The van der Waals surface area contributed by atoms with Crippen molar-refractivity contribution in [2.75, 3.05) is 6.54 Å². The maximum atomic E-state index is 12.9. The Hall–Kier alpha value is -1.96. The third-order valence-corrected chi connectivity index (χ3v) is 6.34. The van der Waals surface area contributed by atoms with Gasteiger partial charge in [0, 0.05) is 11.8 Å². The van der Waals surface area contributed by atoms with Gasteiger partial charge in [0.25, 0.3) is 6.20 Å². The van der Waals surface area contributed by atoms with E-state index in [0.29, 0.717) is 25.0 Å². The minimum atomic E-state index is -1.30. The van der Waals surface area contributed by atoms with Crippen molar-refractivity contribution >= 4 is 11.9 Å². The first-order valence-electron chi connectivity index (χ1n) is 8.27. The number of esters is 2. The van der Waals surface area contributed by atoms with E-state index in [1.165, 1.54) is 0 Å². The second kappa shape index (κ2) is 5.27. The number of nitrogens with zero attached hydrogens (tertiary/aromatic N) is 1. The molecule has 0 amide bonds. The molecule has 8 heteroatoms. The molecule has 0 unspecified atom stereocenters. The molecule has 0 aromatic rings. The maximum absolute atomic E-state index is 12.9. The first-order valence-corrected chi connectivity index (χ1v) is 8.27. The van der Waals surface area contributed by atoms with E-state index in [9.17, 15) is 19.7 Å². The summed E-state index contributed by atoms with van der Waals surface area (Å²) in [5.74, 6) is -0.955. The molecular formula is C16H23N2O6+. The van der Waals surface area contributed by atoms with E-state index in [4.69, 9.17) is 9.47 Å². The number of carbonyl (C=O) groups is 2. The van der Waals surface area contributed by atoms with Gasteiger partial charge in [0.05, 0.1) is 16.9 Å². The summed E-state index contributed by atoms with van der Waals surface area (Å²) >= 11 is 0. The average molecular weight is 339 g/mol. The van der Waals surface area contributed by atoms with Crippen LogP contribution in [0.25, 0.3) is 0 Å². The second-order valence-electron chi connectivity index (χ2n) is 7.62. The zero-order valence-corrected chi connectivity index (χ0v) is 14.2. The predicted molar refractivity (Wildman–Crippen MR) is 80.9 cm³/mol. The molecule has 2 saturated heterocycles. The van der Waals surface area contributed by atoms with E-state index in [-0.39, 0.29) is 5.97 Å². The molecule has 3 rings (SSSR count). The summed E-state index contributed by atoms with van der Waals surface area (Å²) in [6.45, 7) is 6.25. The number of ether oxygens (including phenoxy) is 2. The van der Waals surface area contributed by atoms with Crippen LogP contribution in [0, 0.1) is 20.9 Å². The fourth-order valence-electron chi connectivity index (χ4n) is 4.18. The number of hydrogen-bond acceptors (Lipinski definition) is 6. The molecule has 0 aromatic carbocycles. The van der Waals surface area contributed by atoms with Crippen LogP contribution >= 0.6 is 0 Å². The van der Waals surface area contributed by atoms with Gasteiger partial charge in [-0.3, -0.25) is 14.9 Å². The van der Waals surface area contributed by atoms with Gasteiger partial charge in [-0.15, -0.1) is 0 Å². The summed E-state index contributed by atoms with van der Waals surface area (Å²) in [5.41, 5.74) is -2.28. The van der Waals surface area contributed by atoms with Crippen molar-refractivity contribution in [2.45, 2.75) is 58.2 Å². The van der Waals surface area contributed by atoms with Gasteiger partial charge in [-0.25, -0.2) is 4.79 Å². The van der Waals surface area contributed by atoms with Crippen molar-refractivity contribution in [1.29, 1.82) is 0 Å².